The molecule has 0 bridgehead atoms. The van der Waals surface area contributed by atoms with E-state index in [2.05, 4.69) is 25.1 Å². The van der Waals surface area contributed by atoms with Gasteiger partial charge in [-0.15, -0.1) is 0 Å². The van der Waals surface area contributed by atoms with Crippen molar-refractivity contribution in [3.8, 4) is 0 Å². The number of halogens is 3. The molecule has 13 heteroatoms. The van der Waals surface area contributed by atoms with Gasteiger partial charge in [0.25, 0.3) is 0 Å². The van der Waals surface area contributed by atoms with Crippen molar-refractivity contribution < 1.29 is 37.8 Å². The van der Waals surface area contributed by atoms with Crippen molar-refractivity contribution in [3.05, 3.63) is 42.2 Å². The Kier molecular flexibility index (Phi) is 9.79. The molecule has 1 aliphatic rings. The lowest BCUT2D eigenvalue weighted by Crippen LogP contribution is -2.31. The summed E-state index contributed by atoms with van der Waals surface area (Å²) in [5, 5.41) is 19.4. The van der Waals surface area contributed by atoms with Crippen molar-refractivity contribution in [3.63, 3.8) is 0 Å². The van der Waals surface area contributed by atoms with Crippen LogP contribution >= 0.6 is 0 Å². The molecule has 10 nitrogen and oxygen atoms in total. The van der Waals surface area contributed by atoms with Crippen LogP contribution in [-0.2, 0) is 9.59 Å². The van der Waals surface area contributed by atoms with Crippen LogP contribution in [0.4, 0.5) is 30.5 Å². The highest BCUT2D eigenvalue weighted by Crippen LogP contribution is 2.25. The van der Waals surface area contributed by atoms with Crippen molar-refractivity contribution in [1.82, 2.24) is 9.97 Å². The van der Waals surface area contributed by atoms with Gasteiger partial charge in [0, 0.05) is 50.7 Å². The molecule has 0 aliphatic carbocycles. The molecule has 1 aliphatic heterocycles. The fraction of sp³-hybridized carbons (Fsp3) is 0.409. The Balaban J connectivity index is 0.000000540. The summed E-state index contributed by atoms with van der Waals surface area (Å²) in [5.41, 5.74) is 1.28. The van der Waals surface area contributed by atoms with Crippen molar-refractivity contribution >= 4 is 35.2 Å². The van der Waals surface area contributed by atoms with E-state index in [0.29, 0.717) is 24.5 Å². The van der Waals surface area contributed by atoms with E-state index in [0.717, 1.165) is 38.3 Å². The lowest BCUT2D eigenvalue weighted by molar-refractivity contribution is -0.192. The molecule has 1 aromatic carbocycles. The highest BCUT2D eigenvalue weighted by molar-refractivity contribution is 6.01. The molecule has 0 atom stereocenters. The number of nitrogens with zero attached hydrogens (tertiary/aromatic N) is 4. The number of aromatic carboxylic acids is 1. The molecular formula is C22H26F3N5O5. The predicted molar refractivity (Wildman–Crippen MR) is 122 cm³/mol. The van der Waals surface area contributed by atoms with Gasteiger partial charge in [0.15, 0.2) is 0 Å². The van der Waals surface area contributed by atoms with Gasteiger partial charge in [-0.1, -0.05) is 6.92 Å². The molecule has 190 valence electrons. The summed E-state index contributed by atoms with van der Waals surface area (Å²) in [4.78, 5) is 45.4. The van der Waals surface area contributed by atoms with E-state index in [1.807, 2.05) is 13.0 Å². The van der Waals surface area contributed by atoms with Crippen LogP contribution in [0.2, 0.25) is 0 Å². The Hall–Kier alpha value is -3.90. The number of carbonyl (C=O) groups is 3. The summed E-state index contributed by atoms with van der Waals surface area (Å²) < 4.78 is 31.7. The van der Waals surface area contributed by atoms with Gasteiger partial charge in [0.2, 0.25) is 11.9 Å². The first-order valence-electron chi connectivity index (χ1n) is 10.8. The van der Waals surface area contributed by atoms with E-state index < -0.39 is 18.1 Å². The van der Waals surface area contributed by atoms with Crippen molar-refractivity contribution in [2.75, 3.05) is 41.3 Å². The number of anilines is 3. The van der Waals surface area contributed by atoms with Crippen LogP contribution in [0, 0.1) is 0 Å². The van der Waals surface area contributed by atoms with Crippen LogP contribution in [0.15, 0.2) is 36.7 Å². The highest BCUT2D eigenvalue weighted by Gasteiger charge is 2.38. The van der Waals surface area contributed by atoms with E-state index in [4.69, 9.17) is 9.90 Å². The minimum atomic E-state index is -5.08. The quantitative estimate of drug-likeness (QED) is 0.549. The zero-order valence-electron chi connectivity index (χ0n) is 19.0. The molecule has 0 spiro atoms. The van der Waals surface area contributed by atoms with Gasteiger partial charge in [-0.3, -0.25) is 4.79 Å². The number of rotatable bonds is 6. The summed E-state index contributed by atoms with van der Waals surface area (Å²) in [7, 11) is 0. The van der Waals surface area contributed by atoms with E-state index in [1.54, 1.807) is 30.6 Å². The van der Waals surface area contributed by atoms with E-state index >= 15 is 0 Å². The normalized spacial score (nSPS) is 13.8. The zero-order valence-corrected chi connectivity index (χ0v) is 19.0. The molecule has 3 rings (SSSR count). The molecule has 2 heterocycles. The van der Waals surface area contributed by atoms with Crippen molar-refractivity contribution in [2.45, 2.75) is 32.4 Å². The van der Waals surface area contributed by atoms with Crippen LogP contribution in [0.1, 0.15) is 36.5 Å². The van der Waals surface area contributed by atoms with Gasteiger partial charge in [0.1, 0.15) is 0 Å². The number of alkyl halides is 3. The SMILES string of the molecule is CCCC(=O)Nc1ccc(N2CCCN(c3ncccn3)CC2)cc1C(=O)O.O=C(O)C(F)(F)F. The predicted octanol–water partition coefficient (Wildman–Crippen LogP) is 3.26. The highest BCUT2D eigenvalue weighted by atomic mass is 19.4. The molecular weight excluding hydrogens is 471 g/mol. The summed E-state index contributed by atoms with van der Waals surface area (Å²) in [5.74, 6) is -3.27. The third-order valence-electron chi connectivity index (χ3n) is 4.92. The number of hydrogen-bond donors (Lipinski definition) is 3. The summed E-state index contributed by atoms with van der Waals surface area (Å²) in [6, 6.07) is 6.97. The van der Waals surface area contributed by atoms with Gasteiger partial charge >= 0.3 is 18.1 Å². The summed E-state index contributed by atoms with van der Waals surface area (Å²) in [6.07, 6.45) is 0.368. The molecule has 1 aromatic heterocycles. The summed E-state index contributed by atoms with van der Waals surface area (Å²) in [6.45, 7) is 5.05. The van der Waals surface area contributed by atoms with Crippen LogP contribution in [0.25, 0.3) is 0 Å². The first kappa shape index (κ1) is 27.3. The molecule has 1 saturated heterocycles. The molecule has 1 amide bonds. The van der Waals surface area contributed by atoms with E-state index in [9.17, 15) is 27.9 Å². The smallest absolute Gasteiger partial charge is 0.478 e. The number of nitrogens with one attached hydrogen (secondary N) is 1. The van der Waals surface area contributed by atoms with E-state index in [-0.39, 0.29) is 11.5 Å². The second kappa shape index (κ2) is 12.5. The van der Waals surface area contributed by atoms with E-state index in [1.165, 1.54) is 0 Å². The number of aromatic nitrogens is 2. The van der Waals surface area contributed by atoms with Crippen molar-refractivity contribution in [2.24, 2.45) is 0 Å². The topological polar surface area (TPSA) is 136 Å². The molecule has 1 fully saturated rings. The molecule has 0 saturated carbocycles. The Labute approximate surface area is 199 Å². The van der Waals surface area contributed by atoms with Gasteiger partial charge < -0.3 is 25.3 Å². The lowest BCUT2D eigenvalue weighted by Gasteiger charge is -2.24. The fourth-order valence-corrected chi connectivity index (χ4v) is 3.28. The maximum Gasteiger partial charge on any atom is 0.490 e. The standard InChI is InChI=1S/C20H25N5O3.C2HF3O2/c1-2-5-18(26)23-17-7-6-15(14-16(17)19(27)28)24-10-4-11-25(13-12-24)20-21-8-3-9-22-20;3-2(4,5)1(6)7/h3,6-9,14H,2,4-5,10-13H2,1H3,(H,23,26)(H,27,28);(H,6,7). The zero-order chi connectivity index (χ0) is 26.0. The van der Waals surface area contributed by atoms with Crippen LogP contribution < -0.4 is 15.1 Å². The Bertz CT molecular complexity index is 1020. The Morgan fingerprint density at radius 2 is 1.63 bits per heavy atom. The molecule has 2 aromatic rings. The number of carboxylic acids is 2. The first-order chi connectivity index (χ1) is 16.5. The number of hydrogen-bond acceptors (Lipinski definition) is 7. The van der Waals surface area contributed by atoms with Crippen molar-refractivity contribution in [1.29, 1.82) is 0 Å². The number of carbonyl (C=O) groups excluding carboxylic acids is 1. The second-order valence-corrected chi connectivity index (χ2v) is 7.51. The molecule has 0 unspecified atom stereocenters. The number of aliphatic carboxylic acids is 1. The number of benzene rings is 1. The second-order valence-electron chi connectivity index (χ2n) is 7.51. The van der Waals surface area contributed by atoms with Crippen LogP contribution in [0.5, 0.6) is 0 Å². The molecule has 3 N–H and O–H groups in total. The Morgan fingerprint density at radius 3 is 2.20 bits per heavy atom. The van der Waals surface area contributed by atoms with Gasteiger partial charge in [0.05, 0.1) is 11.3 Å². The first-order valence-corrected chi connectivity index (χ1v) is 10.8. The fourth-order valence-electron chi connectivity index (χ4n) is 3.28. The van der Waals surface area contributed by atoms with Crippen LogP contribution in [0.3, 0.4) is 0 Å². The Morgan fingerprint density at radius 1 is 1.03 bits per heavy atom. The monoisotopic (exact) mass is 497 g/mol. The minimum Gasteiger partial charge on any atom is -0.478 e. The molecule has 0 radical (unpaired) electrons. The third-order valence-corrected chi connectivity index (χ3v) is 4.92. The van der Waals surface area contributed by atoms with Gasteiger partial charge in [-0.25, -0.2) is 19.6 Å². The minimum absolute atomic E-state index is 0.106. The maximum atomic E-state index is 11.9. The molecule has 35 heavy (non-hydrogen) atoms. The number of carboxylic acid groups (broad SMARTS) is 2. The van der Waals surface area contributed by atoms with Gasteiger partial charge in [-0.2, -0.15) is 13.2 Å². The summed E-state index contributed by atoms with van der Waals surface area (Å²) >= 11 is 0. The number of amides is 1. The van der Waals surface area contributed by atoms with Crippen LogP contribution in [-0.4, -0.2) is 70.4 Å². The maximum absolute atomic E-state index is 11.9. The van der Waals surface area contributed by atoms with Gasteiger partial charge in [-0.05, 0) is 37.1 Å². The third kappa shape index (κ3) is 8.43. The largest absolute Gasteiger partial charge is 0.490 e. The lowest BCUT2D eigenvalue weighted by atomic mass is 10.1. The average Bonchev–Trinajstić information content (AvgIpc) is 3.06. The average molecular weight is 497 g/mol.